The van der Waals surface area contributed by atoms with E-state index in [9.17, 15) is 4.79 Å². The molecule has 1 amide bonds. The van der Waals surface area contributed by atoms with Gasteiger partial charge in [-0.15, -0.1) is 0 Å². The Labute approximate surface area is 129 Å². The van der Waals surface area contributed by atoms with Crippen molar-refractivity contribution < 1.29 is 9.53 Å². The van der Waals surface area contributed by atoms with Crippen LogP contribution in [0.2, 0.25) is 0 Å². The summed E-state index contributed by atoms with van der Waals surface area (Å²) in [7, 11) is 1.57. The van der Waals surface area contributed by atoms with Crippen molar-refractivity contribution in [1.82, 2.24) is 15.3 Å². The second-order valence-electron chi connectivity index (χ2n) is 4.79. The monoisotopic (exact) mass is 300 g/mol. The molecule has 0 atom stereocenters. The van der Waals surface area contributed by atoms with Gasteiger partial charge in [-0.05, 0) is 12.0 Å². The van der Waals surface area contributed by atoms with Crippen molar-refractivity contribution in [2.75, 3.05) is 26.0 Å². The molecule has 6 nitrogen and oxygen atoms in total. The number of hydrogen-bond acceptors (Lipinski definition) is 5. The molecule has 0 bridgehead atoms. The number of anilines is 1. The summed E-state index contributed by atoms with van der Waals surface area (Å²) >= 11 is 0. The third kappa shape index (κ3) is 3.79. The van der Waals surface area contributed by atoms with E-state index in [-0.39, 0.29) is 17.3 Å². The number of methoxy groups -OCH3 is 1. The fourth-order valence-corrected chi connectivity index (χ4v) is 1.96. The zero-order valence-corrected chi connectivity index (χ0v) is 12.8. The van der Waals surface area contributed by atoms with Gasteiger partial charge in [0.25, 0.3) is 5.91 Å². The van der Waals surface area contributed by atoms with Gasteiger partial charge in [-0.25, -0.2) is 9.97 Å². The molecule has 0 unspecified atom stereocenters. The lowest BCUT2D eigenvalue weighted by Crippen LogP contribution is -2.28. The minimum Gasteiger partial charge on any atom is -0.383 e. The maximum atomic E-state index is 11.9. The first kappa shape index (κ1) is 15.9. The van der Waals surface area contributed by atoms with E-state index in [1.165, 1.54) is 11.8 Å². The second-order valence-corrected chi connectivity index (χ2v) is 4.79. The first-order valence-corrected chi connectivity index (χ1v) is 7.14. The maximum absolute atomic E-state index is 11.9. The molecule has 0 radical (unpaired) electrons. The summed E-state index contributed by atoms with van der Waals surface area (Å²) in [6, 6.07) is 7.96. The lowest BCUT2D eigenvalue weighted by Gasteiger charge is -2.08. The van der Waals surface area contributed by atoms with E-state index in [4.69, 9.17) is 10.5 Å². The molecule has 2 rings (SSSR count). The average molecular weight is 300 g/mol. The SMILES string of the molecule is CCc1ccc(-c2ncc(C(=O)NCCOC)c(N)n2)cc1. The molecule has 1 heterocycles. The van der Waals surface area contributed by atoms with Crippen LogP contribution in [0.25, 0.3) is 11.4 Å². The average Bonchev–Trinajstić information content (AvgIpc) is 2.55. The Hall–Kier alpha value is -2.47. The Morgan fingerprint density at radius 2 is 2.05 bits per heavy atom. The number of aryl methyl sites for hydroxylation is 1. The maximum Gasteiger partial charge on any atom is 0.256 e. The molecule has 3 N–H and O–H groups in total. The third-order valence-electron chi connectivity index (χ3n) is 3.27. The van der Waals surface area contributed by atoms with Crippen LogP contribution in [0.1, 0.15) is 22.8 Å². The van der Waals surface area contributed by atoms with Gasteiger partial charge in [0.2, 0.25) is 0 Å². The number of aromatic nitrogens is 2. The van der Waals surface area contributed by atoms with Crippen LogP contribution in [0.4, 0.5) is 5.82 Å². The second kappa shape index (κ2) is 7.51. The van der Waals surface area contributed by atoms with E-state index in [2.05, 4.69) is 22.2 Å². The Kier molecular flexibility index (Phi) is 5.43. The summed E-state index contributed by atoms with van der Waals surface area (Å²) in [4.78, 5) is 20.4. The lowest BCUT2D eigenvalue weighted by molar-refractivity contribution is 0.0937. The quantitative estimate of drug-likeness (QED) is 0.792. The third-order valence-corrected chi connectivity index (χ3v) is 3.27. The molecule has 1 aromatic carbocycles. The van der Waals surface area contributed by atoms with Crippen LogP contribution in [-0.2, 0) is 11.2 Å². The van der Waals surface area contributed by atoms with Gasteiger partial charge in [0.05, 0.1) is 12.2 Å². The van der Waals surface area contributed by atoms with Gasteiger partial charge in [-0.3, -0.25) is 4.79 Å². The molecule has 0 aliphatic heterocycles. The van der Waals surface area contributed by atoms with Crippen molar-refractivity contribution in [3.8, 4) is 11.4 Å². The highest BCUT2D eigenvalue weighted by molar-refractivity contribution is 5.98. The van der Waals surface area contributed by atoms with Gasteiger partial charge in [0.15, 0.2) is 5.82 Å². The van der Waals surface area contributed by atoms with Crippen LogP contribution in [0, 0.1) is 0 Å². The number of benzene rings is 1. The molecular formula is C16H20N4O2. The minimum atomic E-state index is -0.303. The number of nitrogens with one attached hydrogen (secondary N) is 1. The number of rotatable bonds is 6. The van der Waals surface area contributed by atoms with Crippen LogP contribution in [0.5, 0.6) is 0 Å². The van der Waals surface area contributed by atoms with E-state index < -0.39 is 0 Å². The largest absolute Gasteiger partial charge is 0.383 e. The minimum absolute atomic E-state index is 0.166. The van der Waals surface area contributed by atoms with E-state index in [0.717, 1.165) is 12.0 Å². The fraction of sp³-hybridized carbons (Fsp3) is 0.312. The van der Waals surface area contributed by atoms with Gasteiger partial charge in [-0.2, -0.15) is 0 Å². The summed E-state index contributed by atoms with van der Waals surface area (Å²) in [6.45, 7) is 2.95. The molecule has 6 heteroatoms. The molecule has 116 valence electrons. The topological polar surface area (TPSA) is 90.1 Å². The number of ether oxygens (including phenoxy) is 1. The Morgan fingerprint density at radius 1 is 1.32 bits per heavy atom. The van der Waals surface area contributed by atoms with Crippen molar-refractivity contribution in [3.05, 3.63) is 41.6 Å². The van der Waals surface area contributed by atoms with Gasteiger partial charge in [-0.1, -0.05) is 31.2 Å². The summed E-state index contributed by atoms with van der Waals surface area (Å²) in [5.41, 5.74) is 8.26. The summed E-state index contributed by atoms with van der Waals surface area (Å²) in [6.07, 6.45) is 2.43. The lowest BCUT2D eigenvalue weighted by atomic mass is 10.1. The molecule has 0 aliphatic rings. The van der Waals surface area contributed by atoms with E-state index in [0.29, 0.717) is 19.0 Å². The highest BCUT2D eigenvalue weighted by atomic mass is 16.5. The first-order valence-electron chi connectivity index (χ1n) is 7.14. The first-order chi connectivity index (χ1) is 10.7. The molecule has 0 fully saturated rings. The standard InChI is InChI=1S/C16H20N4O2/c1-3-11-4-6-12(7-5-11)15-19-10-13(14(17)20-15)16(21)18-8-9-22-2/h4-7,10H,3,8-9H2,1-2H3,(H,18,21)(H2,17,19,20). The van der Waals surface area contributed by atoms with Gasteiger partial charge in [0, 0.05) is 25.4 Å². The Morgan fingerprint density at radius 3 is 2.64 bits per heavy atom. The van der Waals surface area contributed by atoms with Crippen molar-refractivity contribution in [2.24, 2.45) is 0 Å². The predicted molar refractivity (Wildman–Crippen MR) is 85.5 cm³/mol. The van der Waals surface area contributed by atoms with Crippen molar-refractivity contribution in [2.45, 2.75) is 13.3 Å². The zero-order valence-electron chi connectivity index (χ0n) is 12.8. The van der Waals surface area contributed by atoms with Crippen molar-refractivity contribution >= 4 is 11.7 Å². The van der Waals surface area contributed by atoms with Crippen LogP contribution in [0.3, 0.4) is 0 Å². The summed E-state index contributed by atoms with van der Waals surface area (Å²) in [5, 5.41) is 2.69. The molecule has 22 heavy (non-hydrogen) atoms. The highest BCUT2D eigenvalue weighted by Crippen LogP contribution is 2.18. The van der Waals surface area contributed by atoms with E-state index >= 15 is 0 Å². The summed E-state index contributed by atoms with van der Waals surface area (Å²) in [5.74, 6) is 0.371. The van der Waals surface area contributed by atoms with E-state index in [1.807, 2.05) is 24.3 Å². The van der Waals surface area contributed by atoms with Crippen LogP contribution < -0.4 is 11.1 Å². The number of nitrogen functional groups attached to an aromatic ring is 1. The van der Waals surface area contributed by atoms with E-state index in [1.54, 1.807) is 7.11 Å². The number of hydrogen-bond donors (Lipinski definition) is 2. The molecule has 0 aliphatic carbocycles. The molecule has 1 aromatic heterocycles. The van der Waals surface area contributed by atoms with Gasteiger partial charge < -0.3 is 15.8 Å². The van der Waals surface area contributed by atoms with Crippen molar-refractivity contribution in [1.29, 1.82) is 0 Å². The number of carbonyl (C=O) groups is 1. The molecular weight excluding hydrogens is 280 g/mol. The smallest absolute Gasteiger partial charge is 0.256 e. The molecule has 0 saturated heterocycles. The normalized spacial score (nSPS) is 10.5. The van der Waals surface area contributed by atoms with Crippen LogP contribution in [-0.4, -0.2) is 36.1 Å². The zero-order chi connectivity index (χ0) is 15.9. The number of amides is 1. The number of nitrogens with two attached hydrogens (primary N) is 1. The number of carbonyl (C=O) groups excluding carboxylic acids is 1. The van der Waals surface area contributed by atoms with Crippen molar-refractivity contribution in [3.63, 3.8) is 0 Å². The molecule has 0 saturated carbocycles. The Bertz CT molecular complexity index is 641. The predicted octanol–water partition coefficient (Wildman–Crippen LogP) is 1.66. The number of nitrogens with zero attached hydrogens (tertiary/aromatic N) is 2. The Balaban J connectivity index is 2.16. The van der Waals surface area contributed by atoms with Crippen LogP contribution in [0.15, 0.2) is 30.5 Å². The summed E-state index contributed by atoms with van der Waals surface area (Å²) < 4.78 is 4.88. The van der Waals surface area contributed by atoms with Gasteiger partial charge in [0.1, 0.15) is 5.82 Å². The van der Waals surface area contributed by atoms with Gasteiger partial charge >= 0.3 is 0 Å². The molecule has 2 aromatic rings. The fourth-order valence-electron chi connectivity index (χ4n) is 1.96. The highest BCUT2D eigenvalue weighted by Gasteiger charge is 2.12. The molecule has 0 spiro atoms. The van der Waals surface area contributed by atoms with Crippen LogP contribution >= 0.6 is 0 Å².